The molecule has 102 valence electrons. The third-order valence-corrected chi connectivity index (χ3v) is 4.05. The average molecular weight is 268 g/mol. The van der Waals surface area contributed by atoms with Crippen LogP contribution in [0.2, 0.25) is 0 Å². The summed E-state index contributed by atoms with van der Waals surface area (Å²) in [5.74, 6) is -1.65. The second-order valence-electron chi connectivity index (χ2n) is 5.21. The standard InChI is InChI=1S/C17H16O3/c18-15-10-14(17(19)20)16(11-6-2-1-3-7-11)13-9-5-4-8-12(13)15/h1-9,14-16,18H,10H2,(H,19,20)/t14-,15+,16+/m0/s1. The Morgan fingerprint density at radius 2 is 1.55 bits per heavy atom. The first-order valence-electron chi connectivity index (χ1n) is 6.73. The smallest absolute Gasteiger partial charge is 0.307 e. The quantitative estimate of drug-likeness (QED) is 0.880. The maximum absolute atomic E-state index is 11.6. The maximum Gasteiger partial charge on any atom is 0.307 e. The Bertz CT molecular complexity index is 621. The monoisotopic (exact) mass is 268 g/mol. The van der Waals surface area contributed by atoms with E-state index in [1.54, 1.807) is 0 Å². The number of carboxylic acids is 1. The SMILES string of the molecule is O=C(O)[C@H]1C[C@@H](O)c2ccccc2[C@H]1c1ccccc1. The van der Waals surface area contributed by atoms with Gasteiger partial charge in [0, 0.05) is 5.92 Å². The summed E-state index contributed by atoms with van der Waals surface area (Å²) in [4.78, 5) is 11.6. The van der Waals surface area contributed by atoms with E-state index >= 15 is 0 Å². The molecule has 3 heteroatoms. The lowest BCUT2D eigenvalue weighted by molar-refractivity contribution is -0.143. The van der Waals surface area contributed by atoms with Crippen LogP contribution in [0.4, 0.5) is 0 Å². The number of hydrogen-bond donors (Lipinski definition) is 2. The van der Waals surface area contributed by atoms with Crippen molar-refractivity contribution in [3.63, 3.8) is 0 Å². The highest BCUT2D eigenvalue weighted by Gasteiger charge is 2.38. The lowest BCUT2D eigenvalue weighted by atomic mass is 9.71. The molecule has 0 aliphatic heterocycles. The van der Waals surface area contributed by atoms with Crippen LogP contribution in [0.3, 0.4) is 0 Å². The molecular formula is C17H16O3. The third-order valence-electron chi connectivity index (χ3n) is 4.05. The number of aliphatic carboxylic acids is 1. The zero-order chi connectivity index (χ0) is 14.1. The molecule has 20 heavy (non-hydrogen) atoms. The van der Waals surface area contributed by atoms with Crippen LogP contribution < -0.4 is 0 Å². The van der Waals surface area contributed by atoms with Gasteiger partial charge >= 0.3 is 5.97 Å². The minimum atomic E-state index is -0.854. The van der Waals surface area contributed by atoms with Crippen LogP contribution in [-0.2, 0) is 4.79 Å². The summed E-state index contributed by atoms with van der Waals surface area (Å²) in [5.41, 5.74) is 2.75. The van der Waals surface area contributed by atoms with E-state index in [-0.39, 0.29) is 12.3 Å². The van der Waals surface area contributed by atoms with Gasteiger partial charge in [-0.2, -0.15) is 0 Å². The van der Waals surface area contributed by atoms with Crippen molar-refractivity contribution in [1.82, 2.24) is 0 Å². The van der Waals surface area contributed by atoms with Crippen molar-refractivity contribution in [3.05, 3.63) is 71.3 Å². The molecule has 1 aliphatic carbocycles. The first-order valence-corrected chi connectivity index (χ1v) is 6.73. The third kappa shape index (κ3) is 2.10. The van der Waals surface area contributed by atoms with Crippen molar-refractivity contribution in [2.75, 3.05) is 0 Å². The molecule has 0 spiro atoms. The predicted molar refractivity (Wildman–Crippen MR) is 75.4 cm³/mol. The number of aliphatic hydroxyl groups excluding tert-OH is 1. The predicted octanol–water partition coefficient (Wildman–Crippen LogP) is 2.96. The number of hydrogen-bond acceptors (Lipinski definition) is 2. The fourth-order valence-corrected chi connectivity index (χ4v) is 3.13. The lowest BCUT2D eigenvalue weighted by Crippen LogP contribution is -2.30. The van der Waals surface area contributed by atoms with Gasteiger partial charge in [0.1, 0.15) is 0 Å². The fraction of sp³-hybridized carbons (Fsp3) is 0.235. The van der Waals surface area contributed by atoms with Crippen LogP contribution in [0.15, 0.2) is 54.6 Å². The Morgan fingerprint density at radius 1 is 0.950 bits per heavy atom. The molecule has 0 aromatic heterocycles. The number of carboxylic acid groups (broad SMARTS) is 1. The lowest BCUT2D eigenvalue weighted by Gasteiger charge is -2.34. The van der Waals surface area contributed by atoms with Crippen molar-refractivity contribution in [3.8, 4) is 0 Å². The molecule has 3 nitrogen and oxygen atoms in total. The molecule has 0 radical (unpaired) electrons. The van der Waals surface area contributed by atoms with E-state index in [1.807, 2.05) is 54.6 Å². The first kappa shape index (κ1) is 12.9. The zero-order valence-corrected chi connectivity index (χ0v) is 10.9. The molecule has 0 saturated heterocycles. The van der Waals surface area contributed by atoms with Crippen LogP contribution in [-0.4, -0.2) is 16.2 Å². The minimum absolute atomic E-state index is 0.201. The highest BCUT2D eigenvalue weighted by molar-refractivity contribution is 5.73. The van der Waals surface area contributed by atoms with Gasteiger partial charge in [-0.25, -0.2) is 0 Å². The molecule has 2 aromatic carbocycles. The highest BCUT2D eigenvalue weighted by Crippen LogP contribution is 2.44. The van der Waals surface area contributed by atoms with Gasteiger partial charge in [0.25, 0.3) is 0 Å². The summed E-state index contributed by atoms with van der Waals surface area (Å²) in [7, 11) is 0. The van der Waals surface area contributed by atoms with Crippen LogP contribution in [0.1, 0.15) is 35.1 Å². The van der Waals surface area contributed by atoms with E-state index in [0.717, 1.165) is 16.7 Å². The molecule has 1 aliphatic rings. The van der Waals surface area contributed by atoms with Gasteiger partial charge in [0.15, 0.2) is 0 Å². The Morgan fingerprint density at radius 3 is 2.20 bits per heavy atom. The number of fused-ring (bicyclic) bond motifs is 1. The molecule has 2 N–H and O–H groups in total. The molecule has 0 saturated carbocycles. The van der Waals surface area contributed by atoms with Gasteiger partial charge in [0.05, 0.1) is 12.0 Å². The van der Waals surface area contributed by atoms with Crippen molar-refractivity contribution < 1.29 is 15.0 Å². The number of rotatable bonds is 2. The van der Waals surface area contributed by atoms with Crippen molar-refractivity contribution in [2.24, 2.45) is 5.92 Å². The molecule has 0 heterocycles. The van der Waals surface area contributed by atoms with Gasteiger partial charge in [0.2, 0.25) is 0 Å². The van der Waals surface area contributed by atoms with Crippen LogP contribution in [0.25, 0.3) is 0 Å². The van der Waals surface area contributed by atoms with Gasteiger partial charge < -0.3 is 10.2 Å². The van der Waals surface area contributed by atoms with Crippen molar-refractivity contribution in [1.29, 1.82) is 0 Å². The summed E-state index contributed by atoms with van der Waals surface area (Å²) < 4.78 is 0. The Hall–Kier alpha value is -2.13. The Balaban J connectivity index is 2.16. The number of benzene rings is 2. The summed E-state index contributed by atoms with van der Waals surface area (Å²) >= 11 is 0. The van der Waals surface area contributed by atoms with Gasteiger partial charge in [-0.05, 0) is 23.1 Å². The highest BCUT2D eigenvalue weighted by atomic mass is 16.4. The second-order valence-corrected chi connectivity index (χ2v) is 5.21. The maximum atomic E-state index is 11.6. The van der Waals surface area contributed by atoms with E-state index in [4.69, 9.17) is 0 Å². The summed E-state index contributed by atoms with van der Waals surface area (Å²) in [6.07, 6.45) is -0.446. The number of carbonyl (C=O) groups is 1. The molecule has 0 bridgehead atoms. The van der Waals surface area contributed by atoms with Gasteiger partial charge in [-0.3, -0.25) is 4.79 Å². The number of aliphatic hydroxyl groups is 1. The topological polar surface area (TPSA) is 57.5 Å². The zero-order valence-electron chi connectivity index (χ0n) is 10.9. The molecule has 0 amide bonds. The van der Waals surface area contributed by atoms with Crippen molar-refractivity contribution in [2.45, 2.75) is 18.4 Å². The minimum Gasteiger partial charge on any atom is -0.481 e. The summed E-state index contributed by atoms with van der Waals surface area (Å²) in [6, 6.07) is 17.2. The van der Waals surface area contributed by atoms with Crippen LogP contribution in [0.5, 0.6) is 0 Å². The first-order chi connectivity index (χ1) is 9.68. The van der Waals surface area contributed by atoms with Crippen LogP contribution >= 0.6 is 0 Å². The van der Waals surface area contributed by atoms with E-state index in [0.29, 0.717) is 0 Å². The van der Waals surface area contributed by atoms with Crippen LogP contribution in [0, 0.1) is 5.92 Å². The fourth-order valence-electron chi connectivity index (χ4n) is 3.13. The summed E-state index contributed by atoms with van der Waals surface area (Å²) in [6.45, 7) is 0. The van der Waals surface area contributed by atoms with E-state index in [9.17, 15) is 15.0 Å². The van der Waals surface area contributed by atoms with Crippen molar-refractivity contribution >= 4 is 5.97 Å². The largest absolute Gasteiger partial charge is 0.481 e. The molecular weight excluding hydrogens is 252 g/mol. The van der Waals surface area contributed by atoms with E-state index in [1.165, 1.54) is 0 Å². The summed E-state index contributed by atoms with van der Waals surface area (Å²) in [5, 5.41) is 19.7. The Kier molecular flexibility index (Phi) is 3.28. The second kappa shape index (κ2) is 5.10. The average Bonchev–Trinajstić information content (AvgIpc) is 2.48. The van der Waals surface area contributed by atoms with Gasteiger partial charge in [-0.15, -0.1) is 0 Å². The molecule has 0 unspecified atom stereocenters. The molecule has 3 atom stereocenters. The molecule has 0 fully saturated rings. The van der Waals surface area contributed by atoms with Gasteiger partial charge in [-0.1, -0.05) is 54.6 Å². The Labute approximate surface area is 117 Å². The van der Waals surface area contributed by atoms with E-state index < -0.39 is 18.0 Å². The normalized spacial score (nSPS) is 24.9. The molecule has 2 aromatic rings. The van der Waals surface area contributed by atoms with E-state index in [2.05, 4.69) is 0 Å². The molecule has 3 rings (SSSR count).